The number of aromatic nitrogens is 2. The molecule has 0 unspecified atom stereocenters. The van der Waals surface area contributed by atoms with Gasteiger partial charge in [0.2, 0.25) is 5.95 Å². The van der Waals surface area contributed by atoms with Gasteiger partial charge in [0.15, 0.2) is 0 Å². The predicted molar refractivity (Wildman–Crippen MR) is 68.4 cm³/mol. The largest absolute Gasteiger partial charge is 0.340 e. The minimum atomic E-state index is -0.234. The van der Waals surface area contributed by atoms with E-state index in [0.29, 0.717) is 19.0 Å². The number of nitrogens with two attached hydrogens (primary N) is 1. The molecule has 0 saturated heterocycles. The fourth-order valence-electron chi connectivity index (χ4n) is 1.62. The number of halogens is 1. The van der Waals surface area contributed by atoms with Gasteiger partial charge in [-0.25, -0.2) is 14.4 Å². The van der Waals surface area contributed by atoms with Crippen molar-refractivity contribution in [2.45, 2.75) is 13.1 Å². The lowest BCUT2D eigenvalue weighted by Gasteiger charge is -2.17. The van der Waals surface area contributed by atoms with E-state index in [1.165, 1.54) is 12.1 Å². The second-order valence-electron chi connectivity index (χ2n) is 4.03. The number of hydrogen-bond donors (Lipinski definition) is 1. The molecule has 2 N–H and O–H groups in total. The molecule has 0 amide bonds. The van der Waals surface area contributed by atoms with E-state index >= 15 is 0 Å². The highest BCUT2D eigenvalue weighted by Crippen LogP contribution is 2.11. The van der Waals surface area contributed by atoms with Crippen LogP contribution in [0.2, 0.25) is 0 Å². The highest BCUT2D eigenvalue weighted by molar-refractivity contribution is 5.31. The summed E-state index contributed by atoms with van der Waals surface area (Å²) >= 11 is 0. The minimum absolute atomic E-state index is 0.234. The molecule has 0 atom stereocenters. The topological polar surface area (TPSA) is 55.0 Å². The van der Waals surface area contributed by atoms with Gasteiger partial charge in [-0.2, -0.15) is 0 Å². The van der Waals surface area contributed by atoms with Gasteiger partial charge in [-0.15, -0.1) is 0 Å². The maximum absolute atomic E-state index is 12.8. The van der Waals surface area contributed by atoms with E-state index in [1.54, 1.807) is 24.4 Å². The van der Waals surface area contributed by atoms with E-state index in [2.05, 4.69) is 9.97 Å². The molecule has 0 saturated carbocycles. The van der Waals surface area contributed by atoms with Crippen LogP contribution >= 0.6 is 0 Å². The average molecular weight is 246 g/mol. The Morgan fingerprint density at radius 3 is 2.61 bits per heavy atom. The summed E-state index contributed by atoms with van der Waals surface area (Å²) in [7, 11) is 1.89. The summed E-state index contributed by atoms with van der Waals surface area (Å²) in [5, 5.41) is 0. The molecule has 18 heavy (non-hydrogen) atoms. The van der Waals surface area contributed by atoms with Crippen LogP contribution in [-0.2, 0) is 13.1 Å². The van der Waals surface area contributed by atoms with E-state index < -0.39 is 0 Å². The Bertz CT molecular complexity index is 513. The van der Waals surface area contributed by atoms with Crippen LogP contribution in [0.25, 0.3) is 0 Å². The Morgan fingerprint density at radius 2 is 1.94 bits per heavy atom. The highest BCUT2D eigenvalue weighted by atomic mass is 19.1. The van der Waals surface area contributed by atoms with Crippen molar-refractivity contribution in [2.24, 2.45) is 5.73 Å². The van der Waals surface area contributed by atoms with Crippen molar-refractivity contribution >= 4 is 5.95 Å². The van der Waals surface area contributed by atoms with E-state index in [0.717, 1.165) is 11.3 Å². The second kappa shape index (κ2) is 5.55. The molecule has 0 fully saturated rings. The van der Waals surface area contributed by atoms with Crippen molar-refractivity contribution in [1.82, 2.24) is 9.97 Å². The van der Waals surface area contributed by atoms with E-state index in [9.17, 15) is 4.39 Å². The first-order valence-electron chi connectivity index (χ1n) is 5.66. The molecule has 5 heteroatoms. The minimum Gasteiger partial charge on any atom is -0.340 e. The Morgan fingerprint density at radius 1 is 1.22 bits per heavy atom. The van der Waals surface area contributed by atoms with Crippen molar-refractivity contribution < 1.29 is 4.39 Å². The molecule has 0 radical (unpaired) electrons. The molecule has 0 aliphatic rings. The van der Waals surface area contributed by atoms with Crippen molar-refractivity contribution in [3.05, 3.63) is 53.6 Å². The van der Waals surface area contributed by atoms with Gasteiger partial charge in [0.05, 0.1) is 5.69 Å². The number of rotatable bonds is 4. The molecule has 1 heterocycles. The first-order valence-corrected chi connectivity index (χ1v) is 5.66. The maximum atomic E-state index is 12.8. The summed E-state index contributed by atoms with van der Waals surface area (Å²) in [6, 6.07) is 8.17. The smallest absolute Gasteiger partial charge is 0.225 e. The maximum Gasteiger partial charge on any atom is 0.225 e. The van der Waals surface area contributed by atoms with Crippen LogP contribution in [0.5, 0.6) is 0 Å². The van der Waals surface area contributed by atoms with Crippen LogP contribution < -0.4 is 10.6 Å². The molecule has 4 nitrogen and oxygen atoms in total. The lowest BCUT2D eigenvalue weighted by atomic mass is 10.2. The lowest BCUT2D eigenvalue weighted by molar-refractivity contribution is 0.627. The zero-order valence-electron chi connectivity index (χ0n) is 10.2. The quantitative estimate of drug-likeness (QED) is 0.892. The third kappa shape index (κ3) is 3.01. The van der Waals surface area contributed by atoms with E-state index in [4.69, 9.17) is 5.73 Å². The first kappa shape index (κ1) is 12.4. The Hall–Kier alpha value is -2.01. The van der Waals surface area contributed by atoms with Crippen molar-refractivity contribution in [3.63, 3.8) is 0 Å². The SMILES string of the molecule is CN(Cc1ccc(F)cc1)c1nccc(CN)n1. The van der Waals surface area contributed by atoms with E-state index in [-0.39, 0.29) is 5.82 Å². The predicted octanol–water partition coefficient (Wildman–Crippen LogP) is 1.71. The normalized spacial score (nSPS) is 10.4. The van der Waals surface area contributed by atoms with Gasteiger partial charge < -0.3 is 10.6 Å². The summed E-state index contributed by atoms with van der Waals surface area (Å²) in [6.07, 6.45) is 1.69. The fraction of sp³-hybridized carbons (Fsp3) is 0.231. The van der Waals surface area contributed by atoms with Crippen molar-refractivity contribution in [1.29, 1.82) is 0 Å². The van der Waals surface area contributed by atoms with Gasteiger partial charge in [-0.3, -0.25) is 0 Å². The van der Waals surface area contributed by atoms with Gasteiger partial charge in [-0.05, 0) is 23.8 Å². The number of anilines is 1. The third-order valence-corrected chi connectivity index (χ3v) is 2.58. The molecule has 94 valence electrons. The van der Waals surface area contributed by atoms with E-state index in [1.807, 2.05) is 11.9 Å². The molecule has 1 aromatic carbocycles. The Balaban J connectivity index is 2.11. The summed E-state index contributed by atoms with van der Waals surface area (Å²) in [5.41, 5.74) is 7.34. The molecular formula is C13H15FN4. The van der Waals surface area contributed by atoms with Crippen LogP contribution in [0, 0.1) is 5.82 Å². The third-order valence-electron chi connectivity index (χ3n) is 2.58. The summed E-state index contributed by atoms with van der Waals surface area (Å²) in [6.45, 7) is 1.01. The zero-order valence-corrected chi connectivity index (χ0v) is 10.2. The van der Waals surface area contributed by atoms with Gasteiger partial charge in [0.25, 0.3) is 0 Å². The summed E-state index contributed by atoms with van der Waals surface area (Å²) < 4.78 is 12.8. The molecule has 1 aromatic heterocycles. The number of nitrogens with zero attached hydrogens (tertiary/aromatic N) is 3. The van der Waals surface area contributed by atoms with Crippen LogP contribution in [0.1, 0.15) is 11.3 Å². The number of hydrogen-bond acceptors (Lipinski definition) is 4. The molecule has 2 aromatic rings. The first-order chi connectivity index (χ1) is 8.69. The number of benzene rings is 1. The standard InChI is InChI=1S/C13H15FN4/c1-18(9-10-2-4-11(14)5-3-10)13-16-7-6-12(8-15)17-13/h2-7H,8-9,15H2,1H3. The molecular weight excluding hydrogens is 231 g/mol. The average Bonchev–Trinajstić information content (AvgIpc) is 2.41. The molecule has 0 aliphatic heterocycles. The second-order valence-corrected chi connectivity index (χ2v) is 4.03. The Kier molecular flexibility index (Phi) is 3.84. The summed E-state index contributed by atoms with van der Waals surface area (Å²) in [4.78, 5) is 10.4. The van der Waals surface area contributed by atoms with Crippen molar-refractivity contribution in [2.75, 3.05) is 11.9 Å². The summed E-state index contributed by atoms with van der Waals surface area (Å²) in [5.74, 6) is 0.380. The van der Waals surface area contributed by atoms with Gasteiger partial charge in [0.1, 0.15) is 5.82 Å². The van der Waals surface area contributed by atoms with Gasteiger partial charge >= 0.3 is 0 Å². The monoisotopic (exact) mass is 246 g/mol. The highest BCUT2D eigenvalue weighted by Gasteiger charge is 2.05. The molecule has 0 bridgehead atoms. The molecule has 0 aliphatic carbocycles. The molecule has 2 rings (SSSR count). The lowest BCUT2D eigenvalue weighted by Crippen LogP contribution is -2.19. The van der Waals surface area contributed by atoms with Gasteiger partial charge in [-0.1, -0.05) is 12.1 Å². The molecule has 0 spiro atoms. The van der Waals surface area contributed by atoms with Crippen LogP contribution in [-0.4, -0.2) is 17.0 Å². The fourth-order valence-corrected chi connectivity index (χ4v) is 1.62. The van der Waals surface area contributed by atoms with Gasteiger partial charge in [0, 0.05) is 26.3 Å². The zero-order chi connectivity index (χ0) is 13.0. The van der Waals surface area contributed by atoms with Crippen LogP contribution in [0.15, 0.2) is 36.5 Å². The van der Waals surface area contributed by atoms with Crippen LogP contribution in [0.4, 0.5) is 10.3 Å². The Labute approximate surface area is 105 Å². The van der Waals surface area contributed by atoms with Crippen LogP contribution in [0.3, 0.4) is 0 Å². The van der Waals surface area contributed by atoms with Crippen molar-refractivity contribution in [3.8, 4) is 0 Å².